The molecule has 0 fully saturated rings. The Hall–Kier alpha value is -2.58. The maximum absolute atomic E-state index is 12.9. The third-order valence-corrected chi connectivity index (χ3v) is 13.3. The number of nitrogens with one attached hydrogen (secondary N) is 1. The number of carbonyl (C=O) groups excluding carboxylic acids is 1. The van der Waals surface area contributed by atoms with Crippen LogP contribution in [-0.2, 0) is 18.4 Å². The zero-order valence-electron chi connectivity index (χ0n) is 46.0. The van der Waals surface area contributed by atoms with Crippen LogP contribution in [0.2, 0.25) is 0 Å². The summed E-state index contributed by atoms with van der Waals surface area (Å²) in [5.41, 5.74) is 0. The highest BCUT2D eigenvalue weighted by Gasteiger charge is 2.27. The molecule has 70 heavy (non-hydrogen) atoms. The summed E-state index contributed by atoms with van der Waals surface area (Å²) < 4.78 is 23.5. The summed E-state index contributed by atoms with van der Waals surface area (Å²) in [4.78, 5) is 23.1. The van der Waals surface area contributed by atoms with Crippen LogP contribution in [0.25, 0.3) is 0 Å². The number of nitrogens with zero attached hydrogens (tertiary/aromatic N) is 1. The number of phosphoric ester groups is 1. The second-order valence-corrected chi connectivity index (χ2v) is 21.7. The zero-order valence-corrected chi connectivity index (χ0v) is 46.9. The van der Waals surface area contributed by atoms with Crippen molar-refractivity contribution in [2.45, 2.75) is 244 Å². The molecule has 3 atom stereocenters. The topological polar surface area (TPSA) is 105 Å². The first-order valence-corrected chi connectivity index (χ1v) is 30.1. The molecule has 404 valence electrons. The van der Waals surface area contributed by atoms with E-state index >= 15 is 0 Å². The molecule has 0 aliphatic carbocycles. The van der Waals surface area contributed by atoms with Crippen LogP contribution in [0.4, 0.5) is 0 Å². The molecule has 3 unspecified atom stereocenters. The molecule has 1 amide bonds. The standard InChI is InChI=1S/C61H109N2O6P/c1-6-8-10-12-14-15-16-17-18-19-20-21-22-23-24-25-26-27-28-29-30-31-32-33-34-35-36-37-38-39-40-41-42-43-44-45-46-47-49-51-53-55-61(65)62-59(60(64)54-52-50-48-13-11-9-7-2)58-69-70(66,67)68-57-56-63(3,4)5/h8,10,14-15,17-18,20-21,23-24,26-27,29-30,52,54,59-60,64H,6-7,9,11-13,16,19,22,25,28,31-51,53,55-58H2,1-5H3,(H-,62,65,66,67)/p+1/b10-8-,15-14-,18-17-,21-20-,24-23-,27-26-,30-29-,54-52+. The molecule has 0 heterocycles. The van der Waals surface area contributed by atoms with Gasteiger partial charge in [-0.1, -0.05) is 246 Å². The molecule has 0 radical (unpaired) electrons. The van der Waals surface area contributed by atoms with Gasteiger partial charge in [0, 0.05) is 6.42 Å². The van der Waals surface area contributed by atoms with E-state index in [1.165, 1.54) is 128 Å². The molecule has 0 aromatic rings. The first-order chi connectivity index (χ1) is 34.0. The number of carbonyl (C=O) groups is 1. The molecular formula is C61H110N2O6P+. The van der Waals surface area contributed by atoms with E-state index in [-0.39, 0.29) is 19.1 Å². The predicted molar refractivity (Wildman–Crippen MR) is 304 cm³/mol. The number of aliphatic hydroxyl groups is 1. The molecule has 0 rings (SSSR count). The van der Waals surface area contributed by atoms with E-state index < -0.39 is 20.0 Å². The van der Waals surface area contributed by atoms with Crippen LogP contribution in [0.3, 0.4) is 0 Å². The minimum Gasteiger partial charge on any atom is -0.387 e. The smallest absolute Gasteiger partial charge is 0.387 e. The van der Waals surface area contributed by atoms with Gasteiger partial charge in [0.1, 0.15) is 13.2 Å². The Labute approximate surface area is 432 Å². The molecule has 0 saturated heterocycles. The largest absolute Gasteiger partial charge is 0.472 e. The summed E-state index contributed by atoms with van der Waals surface area (Å²) in [5.74, 6) is -0.182. The van der Waals surface area contributed by atoms with Crippen LogP contribution in [0, 0.1) is 0 Å². The van der Waals surface area contributed by atoms with Crippen LogP contribution >= 0.6 is 7.82 Å². The van der Waals surface area contributed by atoms with Crippen molar-refractivity contribution >= 4 is 13.7 Å². The van der Waals surface area contributed by atoms with Gasteiger partial charge in [-0.15, -0.1) is 0 Å². The molecule has 0 aliphatic heterocycles. The maximum Gasteiger partial charge on any atom is 0.472 e. The average Bonchev–Trinajstić information content (AvgIpc) is 3.32. The minimum atomic E-state index is -4.33. The number of rotatable bonds is 51. The normalized spacial score (nSPS) is 14.7. The van der Waals surface area contributed by atoms with Crippen LogP contribution < -0.4 is 5.32 Å². The Morgan fingerprint density at radius 1 is 0.500 bits per heavy atom. The number of amides is 1. The highest BCUT2D eigenvalue weighted by molar-refractivity contribution is 7.47. The fraction of sp³-hybridized carbons (Fsp3) is 0.721. The lowest BCUT2D eigenvalue weighted by Gasteiger charge is -2.25. The number of allylic oxidation sites excluding steroid dienone is 15. The van der Waals surface area contributed by atoms with Crippen LogP contribution in [0.1, 0.15) is 232 Å². The lowest BCUT2D eigenvalue weighted by molar-refractivity contribution is -0.870. The molecule has 0 spiro atoms. The average molecular weight is 999 g/mol. The second kappa shape index (κ2) is 51.3. The van der Waals surface area contributed by atoms with Crippen LogP contribution in [0.5, 0.6) is 0 Å². The number of aliphatic hydroxyl groups excluding tert-OH is 1. The van der Waals surface area contributed by atoms with Crippen molar-refractivity contribution in [1.82, 2.24) is 5.32 Å². The number of unbranched alkanes of at least 4 members (excludes halogenated alkanes) is 24. The van der Waals surface area contributed by atoms with E-state index in [9.17, 15) is 19.4 Å². The first kappa shape index (κ1) is 67.4. The monoisotopic (exact) mass is 998 g/mol. The maximum atomic E-state index is 12.9. The zero-order chi connectivity index (χ0) is 51.3. The summed E-state index contributed by atoms with van der Waals surface area (Å²) in [6, 6.07) is -0.846. The number of phosphoric acid groups is 1. The number of likely N-dealkylation sites (N-methyl/N-ethyl adjacent to an activating group) is 1. The van der Waals surface area contributed by atoms with E-state index in [0.29, 0.717) is 17.4 Å². The van der Waals surface area contributed by atoms with Crippen molar-refractivity contribution in [1.29, 1.82) is 0 Å². The Morgan fingerprint density at radius 3 is 1.26 bits per heavy atom. The van der Waals surface area contributed by atoms with Gasteiger partial charge in [-0.3, -0.25) is 13.8 Å². The number of hydrogen-bond donors (Lipinski definition) is 3. The van der Waals surface area contributed by atoms with E-state index in [4.69, 9.17) is 9.05 Å². The minimum absolute atomic E-state index is 0.0593. The molecule has 0 bridgehead atoms. The number of quaternary nitrogens is 1. The molecule has 9 heteroatoms. The van der Waals surface area contributed by atoms with Crippen LogP contribution in [0.15, 0.2) is 97.2 Å². The third-order valence-electron chi connectivity index (χ3n) is 12.3. The molecule has 0 aromatic heterocycles. The van der Waals surface area contributed by atoms with Crippen molar-refractivity contribution in [2.24, 2.45) is 0 Å². The predicted octanol–water partition coefficient (Wildman–Crippen LogP) is 17.4. The van der Waals surface area contributed by atoms with Crippen molar-refractivity contribution in [3.8, 4) is 0 Å². The van der Waals surface area contributed by atoms with Crippen molar-refractivity contribution in [3.63, 3.8) is 0 Å². The van der Waals surface area contributed by atoms with Gasteiger partial charge in [0.25, 0.3) is 0 Å². The van der Waals surface area contributed by atoms with Crippen molar-refractivity contribution in [2.75, 3.05) is 40.9 Å². The van der Waals surface area contributed by atoms with E-state index in [2.05, 4.69) is 104 Å². The van der Waals surface area contributed by atoms with Gasteiger partial charge in [0.05, 0.1) is 39.9 Å². The van der Waals surface area contributed by atoms with Crippen molar-refractivity contribution < 1.29 is 32.9 Å². The van der Waals surface area contributed by atoms with Crippen molar-refractivity contribution in [3.05, 3.63) is 97.2 Å². The van der Waals surface area contributed by atoms with Gasteiger partial charge in [-0.2, -0.15) is 0 Å². The summed E-state index contributed by atoms with van der Waals surface area (Å²) in [7, 11) is 1.57. The highest BCUT2D eigenvalue weighted by Crippen LogP contribution is 2.43. The number of hydrogen-bond acceptors (Lipinski definition) is 5. The second-order valence-electron chi connectivity index (χ2n) is 20.3. The van der Waals surface area contributed by atoms with Crippen LogP contribution in [-0.4, -0.2) is 73.4 Å². The van der Waals surface area contributed by atoms with Gasteiger partial charge in [-0.05, 0) is 77.0 Å². The lowest BCUT2D eigenvalue weighted by Crippen LogP contribution is -2.45. The SMILES string of the molecule is CC/C=C\C/C=C\C/C=C\C/C=C\C/C=C\C/C=C\C/C=C\CCCCCCCCCCCCCCCCCCCCCC(=O)NC(COP(=O)(O)OCC[N+](C)(C)C)C(O)/C=C/CCCCCCC. The molecule has 0 aliphatic rings. The third kappa shape index (κ3) is 53.2. The van der Waals surface area contributed by atoms with Gasteiger partial charge < -0.3 is 19.8 Å². The Bertz CT molecular complexity index is 1460. The first-order valence-electron chi connectivity index (χ1n) is 28.6. The summed E-state index contributed by atoms with van der Waals surface area (Å²) in [6.07, 6.45) is 74.1. The quantitative estimate of drug-likeness (QED) is 0.0243. The Balaban J connectivity index is 3.82. The Morgan fingerprint density at radius 2 is 0.857 bits per heavy atom. The molecule has 3 N–H and O–H groups in total. The van der Waals surface area contributed by atoms with E-state index in [0.717, 1.165) is 83.5 Å². The lowest BCUT2D eigenvalue weighted by atomic mass is 10.0. The van der Waals surface area contributed by atoms with Gasteiger partial charge in [0.15, 0.2) is 0 Å². The Kier molecular flexibility index (Phi) is 49.4. The van der Waals surface area contributed by atoms with Gasteiger partial charge >= 0.3 is 7.82 Å². The van der Waals surface area contributed by atoms with Gasteiger partial charge in [-0.25, -0.2) is 4.57 Å². The summed E-state index contributed by atoms with van der Waals surface area (Å²) >= 11 is 0. The highest BCUT2D eigenvalue weighted by atomic mass is 31.2. The fourth-order valence-electron chi connectivity index (χ4n) is 7.85. The molecule has 0 aromatic carbocycles. The molecule has 0 saturated carbocycles. The van der Waals surface area contributed by atoms with E-state index in [1.807, 2.05) is 27.2 Å². The fourth-order valence-corrected chi connectivity index (χ4v) is 8.58. The summed E-state index contributed by atoms with van der Waals surface area (Å²) in [5, 5.41) is 13.7. The molecular weight excluding hydrogens is 888 g/mol. The molecule has 8 nitrogen and oxygen atoms in total. The summed E-state index contributed by atoms with van der Waals surface area (Å²) in [6.45, 7) is 4.63. The van der Waals surface area contributed by atoms with E-state index in [1.54, 1.807) is 6.08 Å². The van der Waals surface area contributed by atoms with Gasteiger partial charge in [0.2, 0.25) is 5.91 Å².